The van der Waals surface area contributed by atoms with E-state index in [1.807, 2.05) is 13.1 Å². The summed E-state index contributed by atoms with van der Waals surface area (Å²) < 4.78 is 25.5. The van der Waals surface area contributed by atoms with Crippen LogP contribution in [-0.2, 0) is 9.84 Å². The lowest BCUT2D eigenvalue weighted by atomic mass is 9.83. The molecule has 6 nitrogen and oxygen atoms in total. The molecule has 0 saturated heterocycles. The summed E-state index contributed by atoms with van der Waals surface area (Å²) >= 11 is 0. The standard InChI is InChI=1S/C30H34N4O2S/c1-21-8-14-24(15-9-21)25-16-17-28-27(18-25)29(31-2)34-30(33-28)32-19-22-10-12-23(13-11-22)20-37(35,36)26-6-4-3-5-7-26/h3-9,14-18,22-23H,10-13,19-20H2,1-2H3,(H2,31,32,33,34). The molecule has 1 aliphatic carbocycles. The van der Waals surface area contributed by atoms with Gasteiger partial charge in [-0.3, -0.25) is 0 Å². The molecule has 1 saturated carbocycles. The van der Waals surface area contributed by atoms with E-state index < -0.39 is 9.84 Å². The predicted octanol–water partition coefficient (Wildman–Crippen LogP) is 6.34. The van der Waals surface area contributed by atoms with Crippen LogP contribution in [0.15, 0.2) is 77.7 Å². The summed E-state index contributed by atoms with van der Waals surface area (Å²) in [6.07, 6.45) is 3.88. The first kappa shape index (κ1) is 25.2. The quantitative estimate of drug-likeness (QED) is 0.285. The maximum atomic E-state index is 12.7. The van der Waals surface area contributed by atoms with E-state index in [1.165, 1.54) is 11.1 Å². The molecule has 0 atom stereocenters. The van der Waals surface area contributed by atoms with E-state index in [-0.39, 0.29) is 11.7 Å². The van der Waals surface area contributed by atoms with Gasteiger partial charge < -0.3 is 10.6 Å². The van der Waals surface area contributed by atoms with Crippen LogP contribution in [0.5, 0.6) is 0 Å². The summed E-state index contributed by atoms with van der Waals surface area (Å²) in [7, 11) is -1.34. The van der Waals surface area contributed by atoms with Crippen LogP contribution in [0, 0.1) is 18.8 Å². The second-order valence-corrected chi connectivity index (χ2v) is 12.1. The van der Waals surface area contributed by atoms with Crippen LogP contribution < -0.4 is 10.6 Å². The number of rotatable bonds is 8. The van der Waals surface area contributed by atoms with Crippen molar-refractivity contribution in [3.63, 3.8) is 0 Å². The summed E-state index contributed by atoms with van der Waals surface area (Å²) in [5, 5.41) is 7.66. The lowest BCUT2D eigenvalue weighted by molar-refractivity contribution is 0.301. The molecule has 2 N–H and O–H groups in total. The van der Waals surface area contributed by atoms with Crippen LogP contribution in [-0.4, -0.2) is 37.7 Å². The van der Waals surface area contributed by atoms with Crippen molar-refractivity contribution in [3.05, 3.63) is 78.4 Å². The van der Waals surface area contributed by atoms with Gasteiger partial charge in [-0.25, -0.2) is 13.4 Å². The molecule has 0 aliphatic heterocycles. The molecule has 0 bridgehead atoms. The fraction of sp³-hybridized carbons (Fsp3) is 0.333. The third-order valence-corrected chi connectivity index (χ3v) is 9.29. The number of aromatic nitrogens is 2. The van der Waals surface area contributed by atoms with Crippen molar-refractivity contribution >= 4 is 32.5 Å². The Labute approximate surface area is 219 Å². The third-order valence-electron chi connectivity index (χ3n) is 7.39. The van der Waals surface area contributed by atoms with Crippen molar-refractivity contribution in [2.45, 2.75) is 37.5 Å². The average molecular weight is 515 g/mol. The van der Waals surface area contributed by atoms with Crippen molar-refractivity contribution < 1.29 is 8.42 Å². The molecule has 1 aromatic heterocycles. The molecule has 5 rings (SSSR count). The number of anilines is 2. The van der Waals surface area contributed by atoms with Crippen molar-refractivity contribution in [2.24, 2.45) is 11.8 Å². The number of benzene rings is 3. The van der Waals surface area contributed by atoms with Gasteiger partial charge in [0.1, 0.15) is 5.82 Å². The normalized spacial score (nSPS) is 18.0. The Balaban J connectivity index is 1.21. The fourth-order valence-corrected chi connectivity index (χ4v) is 6.91. The van der Waals surface area contributed by atoms with Crippen molar-refractivity contribution in [3.8, 4) is 11.1 Å². The summed E-state index contributed by atoms with van der Waals surface area (Å²) in [6.45, 7) is 2.88. The van der Waals surface area contributed by atoms with E-state index in [2.05, 4.69) is 60.0 Å². The Kier molecular flexibility index (Phi) is 7.42. The van der Waals surface area contributed by atoms with E-state index in [0.29, 0.717) is 16.8 Å². The van der Waals surface area contributed by atoms with E-state index >= 15 is 0 Å². The second-order valence-electron chi connectivity index (χ2n) is 10.1. The Bertz CT molecular complexity index is 1460. The zero-order valence-electron chi connectivity index (χ0n) is 21.4. The summed E-state index contributed by atoms with van der Waals surface area (Å²) in [5.74, 6) is 2.36. The topological polar surface area (TPSA) is 84.0 Å². The zero-order valence-corrected chi connectivity index (χ0v) is 22.3. The Morgan fingerprint density at radius 2 is 1.51 bits per heavy atom. The Morgan fingerprint density at radius 1 is 0.838 bits per heavy atom. The minimum Gasteiger partial charge on any atom is -0.372 e. The van der Waals surface area contributed by atoms with Gasteiger partial charge in [-0.1, -0.05) is 54.1 Å². The molecular weight excluding hydrogens is 480 g/mol. The molecule has 1 heterocycles. The highest BCUT2D eigenvalue weighted by atomic mass is 32.2. The van der Waals surface area contributed by atoms with Crippen LogP contribution in [0.1, 0.15) is 31.2 Å². The van der Waals surface area contributed by atoms with Crippen molar-refractivity contribution in [1.82, 2.24) is 9.97 Å². The molecule has 0 spiro atoms. The number of aryl methyl sites for hydroxylation is 1. The molecule has 3 aromatic carbocycles. The first-order chi connectivity index (χ1) is 17.9. The molecular formula is C30H34N4O2S. The molecule has 4 aromatic rings. The highest BCUT2D eigenvalue weighted by Gasteiger charge is 2.26. The number of fused-ring (bicyclic) bond motifs is 1. The number of hydrogen-bond acceptors (Lipinski definition) is 6. The number of hydrogen-bond donors (Lipinski definition) is 2. The number of nitrogens with zero attached hydrogens (tertiary/aromatic N) is 2. The molecule has 1 fully saturated rings. The molecule has 0 amide bonds. The summed E-state index contributed by atoms with van der Waals surface area (Å²) in [5.41, 5.74) is 4.45. The number of nitrogens with one attached hydrogen (secondary N) is 2. The first-order valence-electron chi connectivity index (χ1n) is 13.0. The lowest BCUT2D eigenvalue weighted by Crippen LogP contribution is -2.26. The minimum absolute atomic E-state index is 0.219. The SMILES string of the molecule is CNc1nc(NCC2CCC(CS(=O)(=O)c3ccccc3)CC2)nc2ccc(-c3ccc(C)cc3)cc12. The van der Waals surface area contributed by atoms with E-state index in [4.69, 9.17) is 9.97 Å². The second kappa shape index (κ2) is 10.9. The van der Waals surface area contributed by atoms with Gasteiger partial charge in [0.25, 0.3) is 0 Å². The van der Waals surface area contributed by atoms with E-state index in [0.717, 1.165) is 54.5 Å². The maximum absolute atomic E-state index is 12.7. The van der Waals surface area contributed by atoms with Crippen LogP contribution >= 0.6 is 0 Å². The molecule has 7 heteroatoms. The minimum atomic E-state index is -3.23. The molecule has 1 aliphatic rings. The lowest BCUT2D eigenvalue weighted by Gasteiger charge is -2.28. The number of sulfone groups is 1. The van der Waals surface area contributed by atoms with Gasteiger partial charge in [-0.15, -0.1) is 0 Å². The van der Waals surface area contributed by atoms with Crippen LogP contribution in [0.3, 0.4) is 0 Å². The van der Waals surface area contributed by atoms with Gasteiger partial charge in [0.2, 0.25) is 5.95 Å². The average Bonchev–Trinajstić information content (AvgIpc) is 2.92. The van der Waals surface area contributed by atoms with Gasteiger partial charge >= 0.3 is 0 Å². The Hall–Kier alpha value is -3.45. The Morgan fingerprint density at radius 3 is 2.22 bits per heavy atom. The first-order valence-corrected chi connectivity index (χ1v) is 14.6. The van der Waals surface area contributed by atoms with Crippen molar-refractivity contribution in [2.75, 3.05) is 30.0 Å². The highest BCUT2D eigenvalue weighted by Crippen LogP contribution is 2.32. The predicted molar refractivity (Wildman–Crippen MR) is 152 cm³/mol. The molecule has 0 unspecified atom stereocenters. The maximum Gasteiger partial charge on any atom is 0.225 e. The molecule has 192 valence electrons. The third kappa shape index (κ3) is 5.93. The van der Waals surface area contributed by atoms with Crippen LogP contribution in [0.25, 0.3) is 22.0 Å². The smallest absolute Gasteiger partial charge is 0.225 e. The van der Waals surface area contributed by atoms with Crippen LogP contribution in [0.2, 0.25) is 0 Å². The van der Waals surface area contributed by atoms with Crippen molar-refractivity contribution in [1.29, 1.82) is 0 Å². The van der Waals surface area contributed by atoms with Gasteiger partial charge in [-0.05, 0) is 79.8 Å². The summed E-state index contributed by atoms with van der Waals surface area (Å²) in [6, 6.07) is 23.6. The van der Waals surface area contributed by atoms with E-state index in [9.17, 15) is 8.42 Å². The van der Waals surface area contributed by atoms with Crippen LogP contribution in [0.4, 0.5) is 11.8 Å². The zero-order chi connectivity index (χ0) is 25.8. The molecule has 0 radical (unpaired) electrons. The van der Waals surface area contributed by atoms with Gasteiger partial charge in [0, 0.05) is 19.0 Å². The monoisotopic (exact) mass is 514 g/mol. The van der Waals surface area contributed by atoms with Gasteiger partial charge in [-0.2, -0.15) is 4.98 Å². The van der Waals surface area contributed by atoms with E-state index in [1.54, 1.807) is 24.3 Å². The molecule has 37 heavy (non-hydrogen) atoms. The van der Waals surface area contributed by atoms with Gasteiger partial charge in [0.15, 0.2) is 9.84 Å². The summed E-state index contributed by atoms with van der Waals surface area (Å²) in [4.78, 5) is 9.94. The van der Waals surface area contributed by atoms with Gasteiger partial charge in [0.05, 0.1) is 16.2 Å². The highest BCUT2D eigenvalue weighted by molar-refractivity contribution is 7.91. The fourth-order valence-electron chi connectivity index (χ4n) is 5.20. The largest absolute Gasteiger partial charge is 0.372 e.